The lowest BCUT2D eigenvalue weighted by Gasteiger charge is -2.23. The van der Waals surface area contributed by atoms with E-state index in [9.17, 15) is 4.79 Å². The van der Waals surface area contributed by atoms with Crippen LogP contribution in [0, 0.1) is 0 Å². The van der Waals surface area contributed by atoms with Gasteiger partial charge in [-0.3, -0.25) is 4.79 Å². The fraction of sp³-hybridized carbons (Fsp3) is 0.300. The summed E-state index contributed by atoms with van der Waals surface area (Å²) in [5.74, 6) is 1.47. The van der Waals surface area contributed by atoms with Gasteiger partial charge in [-0.2, -0.15) is 0 Å². The number of aromatic nitrogens is 1. The first-order valence-electron chi connectivity index (χ1n) is 8.66. The van der Waals surface area contributed by atoms with E-state index in [2.05, 4.69) is 6.07 Å². The minimum absolute atomic E-state index is 0.122. The molecule has 1 aromatic heterocycles. The zero-order valence-electron chi connectivity index (χ0n) is 14.6. The molecular formula is C20H20N2O2S2. The van der Waals surface area contributed by atoms with Gasteiger partial charge in [0, 0.05) is 11.4 Å². The third kappa shape index (κ3) is 3.57. The van der Waals surface area contributed by atoms with Crippen molar-refractivity contribution in [3.05, 3.63) is 53.5 Å². The van der Waals surface area contributed by atoms with E-state index in [0.717, 1.165) is 40.6 Å². The molecule has 1 aliphatic rings. The molecule has 1 saturated heterocycles. The van der Waals surface area contributed by atoms with Crippen molar-refractivity contribution < 1.29 is 9.53 Å². The fourth-order valence-electron chi connectivity index (χ4n) is 3.25. The van der Waals surface area contributed by atoms with Gasteiger partial charge in [0.05, 0.1) is 29.1 Å². The highest BCUT2D eigenvalue weighted by atomic mass is 32.2. The molecule has 1 atom stereocenters. The van der Waals surface area contributed by atoms with Gasteiger partial charge in [-0.1, -0.05) is 12.1 Å². The lowest BCUT2D eigenvalue weighted by Crippen LogP contribution is -2.31. The molecule has 1 unspecified atom stereocenters. The van der Waals surface area contributed by atoms with Gasteiger partial charge in [0.2, 0.25) is 5.91 Å². The summed E-state index contributed by atoms with van der Waals surface area (Å²) < 4.78 is 6.36. The van der Waals surface area contributed by atoms with Crippen LogP contribution in [0.3, 0.4) is 0 Å². The lowest BCUT2D eigenvalue weighted by molar-refractivity contribution is -0.129. The van der Waals surface area contributed by atoms with Crippen molar-refractivity contribution in [2.45, 2.75) is 23.8 Å². The van der Waals surface area contributed by atoms with Crippen LogP contribution in [0.25, 0.3) is 10.2 Å². The summed E-state index contributed by atoms with van der Waals surface area (Å²) in [6.07, 6.45) is 2.04. The number of carbonyl (C=O) groups excluding carboxylic acids is 1. The predicted molar refractivity (Wildman–Crippen MR) is 107 cm³/mol. The standard InChI is InChI=1S/C20H20N2O2S2/c1-24-14-8-10-15(11-9-14)25-13-19(23)22-12-4-6-17(22)20-21-16-5-2-3-7-18(16)26-20/h2-3,5,7-11,17H,4,6,12-13H2,1H3. The molecule has 2 heterocycles. The molecule has 0 saturated carbocycles. The maximum atomic E-state index is 12.8. The minimum Gasteiger partial charge on any atom is -0.497 e. The molecule has 0 spiro atoms. The van der Waals surface area contributed by atoms with Crippen LogP contribution in [0.5, 0.6) is 5.75 Å². The average molecular weight is 385 g/mol. The van der Waals surface area contributed by atoms with Crippen LogP contribution >= 0.6 is 23.1 Å². The monoisotopic (exact) mass is 384 g/mol. The van der Waals surface area contributed by atoms with Gasteiger partial charge in [-0.25, -0.2) is 4.98 Å². The number of hydrogen-bond acceptors (Lipinski definition) is 5. The fourth-order valence-corrected chi connectivity index (χ4v) is 5.15. The number of ether oxygens (including phenoxy) is 1. The third-order valence-corrected chi connectivity index (χ3v) is 6.72. The summed E-state index contributed by atoms with van der Waals surface area (Å²) in [5, 5.41) is 1.06. The first kappa shape index (κ1) is 17.4. The Morgan fingerprint density at radius 2 is 2.08 bits per heavy atom. The molecule has 3 aromatic rings. The van der Waals surface area contributed by atoms with Crippen LogP contribution in [-0.4, -0.2) is 35.2 Å². The first-order valence-corrected chi connectivity index (χ1v) is 10.5. The van der Waals surface area contributed by atoms with Crippen LogP contribution in [0.2, 0.25) is 0 Å². The summed E-state index contributed by atoms with van der Waals surface area (Å²) in [4.78, 5) is 20.7. The molecule has 2 aromatic carbocycles. The van der Waals surface area contributed by atoms with Crippen LogP contribution in [0.15, 0.2) is 53.4 Å². The summed E-state index contributed by atoms with van der Waals surface area (Å²) in [6, 6.07) is 16.1. The van der Waals surface area contributed by atoms with Crippen molar-refractivity contribution in [2.24, 2.45) is 0 Å². The topological polar surface area (TPSA) is 42.4 Å². The second-order valence-corrected chi connectivity index (χ2v) is 8.34. The number of methoxy groups -OCH3 is 1. The molecule has 4 nitrogen and oxygen atoms in total. The predicted octanol–water partition coefficient (Wildman–Crippen LogP) is 4.76. The molecule has 0 N–H and O–H groups in total. The molecule has 26 heavy (non-hydrogen) atoms. The molecule has 1 aliphatic heterocycles. The van der Waals surface area contributed by atoms with E-state index in [1.54, 1.807) is 30.2 Å². The van der Waals surface area contributed by atoms with E-state index in [0.29, 0.717) is 5.75 Å². The van der Waals surface area contributed by atoms with E-state index in [4.69, 9.17) is 9.72 Å². The second kappa shape index (κ2) is 7.68. The largest absolute Gasteiger partial charge is 0.497 e. The zero-order chi connectivity index (χ0) is 17.9. The minimum atomic E-state index is 0.122. The Bertz CT molecular complexity index is 875. The molecule has 0 aliphatic carbocycles. The van der Waals surface area contributed by atoms with Crippen LogP contribution in [-0.2, 0) is 4.79 Å². The summed E-state index contributed by atoms with van der Waals surface area (Å²) in [6.45, 7) is 0.822. The van der Waals surface area contributed by atoms with Crippen LogP contribution < -0.4 is 4.74 Å². The maximum absolute atomic E-state index is 12.8. The number of fused-ring (bicyclic) bond motifs is 1. The van der Waals surface area contributed by atoms with E-state index in [-0.39, 0.29) is 11.9 Å². The van der Waals surface area contributed by atoms with Gasteiger partial charge in [0.15, 0.2) is 0 Å². The first-order chi connectivity index (χ1) is 12.7. The molecule has 6 heteroatoms. The van der Waals surface area contributed by atoms with Gasteiger partial charge < -0.3 is 9.64 Å². The Morgan fingerprint density at radius 1 is 1.27 bits per heavy atom. The molecule has 1 amide bonds. The van der Waals surface area contributed by atoms with Crippen molar-refractivity contribution in [2.75, 3.05) is 19.4 Å². The highest BCUT2D eigenvalue weighted by Gasteiger charge is 2.32. The van der Waals surface area contributed by atoms with Crippen molar-refractivity contribution in [1.29, 1.82) is 0 Å². The summed E-state index contributed by atoms with van der Waals surface area (Å²) in [5.41, 5.74) is 1.03. The maximum Gasteiger partial charge on any atom is 0.233 e. The normalized spacial score (nSPS) is 17.0. The lowest BCUT2D eigenvalue weighted by atomic mass is 10.2. The number of thiazole rings is 1. The number of benzene rings is 2. The zero-order valence-corrected chi connectivity index (χ0v) is 16.2. The SMILES string of the molecule is COc1ccc(SCC(=O)N2CCCC2c2nc3ccccc3s2)cc1. The third-order valence-electron chi connectivity index (χ3n) is 4.59. The molecular weight excluding hydrogens is 364 g/mol. The van der Waals surface area contributed by atoms with E-state index < -0.39 is 0 Å². The highest BCUT2D eigenvalue weighted by molar-refractivity contribution is 8.00. The Kier molecular flexibility index (Phi) is 5.13. The van der Waals surface area contributed by atoms with Gasteiger partial charge in [0.1, 0.15) is 10.8 Å². The quantitative estimate of drug-likeness (QED) is 0.595. The summed E-state index contributed by atoms with van der Waals surface area (Å²) >= 11 is 3.28. The van der Waals surface area contributed by atoms with E-state index >= 15 is 0 Å². The van der Waals surface area contributed by atoms with Crippen molar-refractivity contribution in [3.63, 3.8) is 0 Å². The Balaban J connectivity index is 1.44. The van der Waals surface area contributed by atoms with Gasteiger partial charge in [-0.15, -0.1) is 23.1 Å². The number of likely N-dealkylation sites (tertiary alicyclic amines) is 1. The molecule has 0 radical (unpaired) electrons. The van der Waals surface area contributed by atoms with Crippen LogP contribution in [0.4, 0.5) is 0 Å². The number of amides is 1. The number of carbonyl (C=O) groups is 1. The van der Waals surface area contributed by atoms with Crippen LogP contribution in [0.1, 0.15) is 23.9 Å². The number of hydrogen-bond donors (Lipinski definition) is 0. The molecule has 1 fully saturated rings. The molecule has 134 valence electrons. The van der Waals surface area contributed by atoms with Crippen molar-refractivity contribution in [1.82, 2.24) is 9.88 Å². The van der Waals surface area contributed by atoms with Gasteiger partial charge in [-0.05, 0) is 49.2 Å². The molecule has 4 rings (SSSR count). The number of nitrogens with zero attached hydrogens (tertiary/aromatic N) is 2. The Morgan fingerprint density at radius 3 is 2.85 bits per heavy atom. The molecule has 0 bridgehead atoms. The summed E-state index contributed by atoms with van der Waals surface area (Å²) in [7, 11) is 1.65. The van der Waals surface area contributed by atoms with Gasteiger partial charge >= 0.3 is 0 Å². The van der Waals surface area contributed by atoms with Crippen molar-refractivity contribution in [3.8, 4) is 5.75 Å². The van der Waals surface area contributed by atoms with E-state index in [1.165, 1.54) is 4.70 Å². The van der Waals surface area contributed by atoms with E-state index in [1.807, 2.05) is 47.4 Å². The Hall–Kier alpha value is -2.05. The number of rotatable bonds is 5. The van der Waals surface area contributed by atoms with Gasteiger partial charge in [0.25, 0.3) is 0 Å². The smallest absolute Gasteiger partial charge is 0.233 e. The highest BCUT2D eigenvalue weighted by Crippen LogP contribution is 2.37. The second-order valence-electron chi connectivity index (χ2n) is 6.23. The number of para-hydroxylation sites is 1. The average Bonchev–Trinajstić information content (AvgIpc) is 3.32. The Labute approximate surface area is 161 Å². The van der Waals surface area contributed by atoms with Crippen molar-refractivity contribution >= 4 is 39.2 Å². The number of thioether (sulfide) groups is 1.